The maximum absolute atomic E-state index is 12.8. The van der Waals surface area contributed by atoms with Crippen molar-refractivity contribution in [3.05, 3.63) is 12.2 Å². The smallest absolute Gasteiger partial charge is 0.462 e. The molecule has 0 bridgehead atoms. The van der Waals surface area contributed by atoms with Crippen LogP contribution < -0.4 is 0 Å². The van der Waals surface area contributed by atoms with E-state index in [1.807, 2.05) is 6.08 Å². The molecule has 0 aliphatic heterocycles. The van der Waals surface area contributed by atoms with Gasteiger partial charge < -0.3 is 44.6 Å². The molecule has 408 valence electrons. The van der Waals surface area contributed by atoms with Gasteiger partial charge in [0.2, 0.25) is 0 Å². The monoisotopic (exact) mass is 1030 g/mol. The lowest BCUT2D eigenvalue weighted by Crippen LogP contribution is -2.30. The van der Waals surface area contributed by atoms with Gasteiger partial charge in [-0.25, -0.2) is 9.13 Å². The number of esters is 2. The van der Waals surface area contributed by atoms with Crippen molar-refractivity contribution in [1.82, 2.24) is 0 Å². The first-order chi connectivity index (χ1) is 33.0. The number of carbonyl (C=O) groups is 2. The molecule has 7 N–H and O–H groups in total. The largest absolute Gasteiger partial charge is 0.472 e. The molecule has 0 heterocycles. The van der Waals surface area contributed by atoms with Gasteiger partial charge in [0.1, 0.15) is 12.7 Å². The molecule has 1 saturated carbocycles. The van der Waals surface area contributed by atoms with Gasteiger partial charge >= 0.3 is 27.6 Å². The molecule has 2 unspecified atom stereocenters. The molecule has 0 radical (unpaired) electrons. The van der Waals surface area contributed by atoms with Gasteiger partial charge in [0.25, 0.3) is 0 Å². The summed E-state index contributed by atoms with van der Waals surface area (Å²) in [6.07, 6.45) is 31.1. The molecule has 0 spiro atoms. The van der Waals surface area contributed by atoms with Crippen molar-refractivity contribution >= 4 is 27.6 Å². The summed E-state index contributed by atoms with van der Waals surface area (Å²) >= 11 is 0. The highest BCUT2D eigenvalue weighted by Gasteiger charge is 2.39. The summed E-state index contributed by atoms with van der Waals surface area (Å²) in [5, 5.41) is 41.3. The van der Waals surface area contributed by atoms with Gasteiger partial charge in [-0.3, -0.25) is 23.2 Å². The molecule has 1 aliphatic carbocycles. The maximum atomic E-state index is 12.8. The summed E-state index contributed by atoms with van der Waals surface area (Å²) in [5.41, 5.74) is 0. The molecule has 69 heavy (non-hydrogen) atoms. The van der Waals surface area contributed by atoms with Crippen molar-refractivity contribution in [2.75, 3.05) is 26.4 Å². The third-order valence-electron chi connectivity index (χ3n) is 13.3. The van der Waals surface area contributed by atoms with E-state index in [0.717, 1.165) is 63.7 Å². The maximum Gasteiger partial charge on any atom is 0.472 e. The third kappa shape index (κ3) is 38.1. The van der Waals surface area contributed by atoms with E-state index < -0.39 is 84.5 Å². The summed E-state index contributed by atoms with van der Waals surface area (Å²) in [5.74, 6) is -0.642. The van der Waals surface area contributed by atoms with Crippen LogP contribution in [-0.4, -0.2) is 104 Å². The van der Waals surface area contributed by atoms with E-state index in [-0.39, 0.29) is 24.7 Å². The fourth-order valence-electron chi connectivity index (χ4n) is 8.78. The number of aliphatic hydroxyl groups excluding tert-OH is 4. The number of carbonyl (C=O) groups excluding carboxylic acids is 2. The highest BCUT2D eigenvalue weighted by Crippen LogP contribution is 2.44. The second-order valence-electron chi connectivity index (χ2n) is 19.7. The van der Waals surface area contributed by atoms with Crippen molar-refractivity contribution in [1.29, 1.82) is 0 Å². The summed E-state index contributed by atoms with van der Waals surface area (Å²) in [6, 6.07) is 0. The summed E-state index contributed by atoms with van der Waals surface area (Å²) in [7, 11) is -9.76. The Morgan fingerprint density at radius 2 is 1.07 bits per heavy atom. The second kappa shape index (κ2) is 41.1. The van der Waals surface area contributed by atoms with Gasteiger partial charge in [-0.05, 0) is 37.5 Å². The normalized spacial score (nSPS) is 20.2. The van der Waals surface area contributed by atoms with E-state index in [4.69, 9.17) is 28.3 Å². The topological polar surface area (TPSA) is 256 Å². The standard InChI is InChI=1S/C51H98O16P2/c1-4-6-25-31-43(52)35-36-47-46(48(54)37-49(47)55)32-27-23-24-28-33-50(56)63-40-45(41-66-69(61,62)65-39-44(53)38-64-68(58,59)60)67-51(57)34-29-22-20-18-16-14-12-10-8-7-9-11-13-15-17-19-21-26-30-42(3)5-2/h35-36,42-49,52-55H,4-34,37-41H2,1-3H3,(H,61,62)(H2,58,59,60)/b36-35+/t42?,43-,44-,45+,46+,47+,48-,49+/m0/s1. The zero-order valence-electron chi connectivity index (χ0n) is 42.9. The van der Waals surface area contributed by atoms with E-state index in [1.165, 1.54) is 96.3 Å². The number of hydrogen-bond acceptors (Lipinski definition) is 13. The summed E-state index contributed by atoms with van der Waals surface area (Å²) in [4.78, 5) is 53.2. The Morgan fingerprint density at radius 1 is 0.594 bits per heavy atom. The van der Waals surface area contributed by atoms with E-state index in [2.05, 4.69) is 25.3 Å². The molecule has 0 aromatic heterocycles. The number of hydrogen-bond donors (Lipinski definition) is 7. The van der Waals surface area contributed by atoms with Crippen molar-refractivity contribution in [3.8, 4) is 0 Å². The van der Waals surface area contributed by atoms with Crippen LogP contribution in [0, 0.1) is 17.8 Å². The molecular weight excluding hydrogens is 930 g/mol. The van der Waals surface area contributed by atoms with E-state index in [1.54, 1.807) is 6.08 Å². The summed E-state index contributed by atoms with van der Waals surface area (Å²) in [6.45, 7) is 3.86. The predicted molar refractivity (Wildman–Crippen MR) is 269 cm³/mol. The fraction of sp³-hybridized carbons (Fsp3) is 0.922. The molecular formula is C51H98O16P2. The SMILES string of the molecule is CCCCC[C@H](O)/C=C/[C@@H]1[C@@H](CCCCCCC(=O)OC[C@H](COP(=O)(O)OC[C@@H](O)COP(=O)(O)O)OC(=O)CCCCCCCCCCCCCCCCCCCCC(C)CC)[C@@H](O)C[C@H]1O. The lowest BCUT2D eigenvalue weighted by molar-refractivity contribution is -0.161. The molecule has 9 atom stereocenters. The van der Waals surface area contributed by atoms with Crippen molar-refractivity contribution in [3.63, 3.8) is 0 Å². The first kappa shape index (κ1) is 65.8. The number of ether oxygens (including phenoxy) is 2. The first-order valence-electron chi connectivity index (χ1n) is 27.0. The number of aliphatic hydroxyl groups is 4. The van der Waals surface area contributed by atoms with E-state index in [9.17, 15) is 44.0 Å². The molecule has 18 heteroatoms. The predicted octanol–water partition coefficient (Wildman–Crippen LogP) is 11.1. The Hall–Kier alpha value is -1.26. The molecule has 0 aromatic carbocycles. The molecule has 1 aliphatic rings. The minimum Gasteiger partial charge on any atom is -0.462 e. The van der Waals surface area contributed by atoms with Gasteiger partial charge in [-0.1, -0.05) is 193 Å². The molecule has 1 fully saturated rings. The van der Waals surface area contributed by atoms with Gasteiger partial charge in [0.05, 0.1) is 38.1 Å². The number of phosphoric ester groups is 2. The van der Waals surface area contributed by atoms with Gasteiger partial charge in [-0.2, -0.15) is 0 Å². The van der Waals surface area contributed by atoms with E-state index >= 15 is 0 Å². The van der Waals surface area contributed by atoms with E-state index in [0.29, 0.717) is 38.5 Å². The summed E-state index contributed by atoms with van der Waals surface area (Å²) < 4.78 is 48.1. The Kier molecular flexibility index (Phi) is 39.2. The van der Waals surface area contributed by atoms with Crippen LogP contribution in [0.1, 0.15) is 226 Å². The van der Waals surface area contributed by atoms with Gasteiger partial charge in [0.15, 0.2) is 6.10 Å². The quantitative estimate of drug-likeness (QED) is 0.0129. The van der Waals surface area contributed by atoms with Crippen molar-refractivity contribution < 1.29 is 76.9 Å². The third-order valence-corrected chi connectivity index (χ3v) is 14.7. The lowest BCUT2D eigenvalue weighted by Gasteiger charge is -2.21. The highest BCUT2D eigenvalue weighted by atomic mass is 31.2. The fourth-order valence-corrected chi connectivity index (χ4v) is 9.93. The van der Waals surface area contributed by atoms with Crippen LogP contribution in [0.2, 0.25) is 0 Å². The molecule has 16 nitrogen and oxygen atoms in total. The zero-order valence-corrected chi connectivity index (χ0v) is 44.7. The molecule has 0 aromatic rings. The Labute approximate surface area is 416 Å². The second-order valence-corrected chi connectivity index (χ2v) is 22.4. The van der Waals surface area contributed by atoms with Crippen LogP contribution >= 0.6 is 15.6 Å². The zero-order chi connectivity index (χ0) is 51.2. The Balaban J connectivity index is 2.40. The van der Waals surface area contributed by atoms with Crippen LogP contribution in [0.4, 0.5) is 0 Å². The molecule has 0 amide bonds. The minimum atomic E-state index is -4.89. The van der Waals surface area contributed by atoms with Crippen molar-refractivity contribution in [2.24, 2.45) is 17.8 Å². The minimum absolute atomic E-state index is 0.0722. The lowest BCUT2D eigenvalue weighted by atomic mass is 9.88. The molecule has 0 saturated heterocycles. The van der Waals surface area contributed by atoms with Gasteiger partial charge in [0, 0.05) is 25.2 Å². The number of rotatable bonds is 47. The van der Waals surface area contributed by atoms with Crippen LogP contribution in [0.25, 0.3) is 0 Å². The average Bonchev–Trinajstić information content (AvgIpc) is 3.57. The Morgan fingerprint density at radius 3 is 1.61 bits per heavy atom. The van der Waals surface area contributed by atoms with Crippen molar-refractivity contribution in [2.45, 2.75) is 257 Å². The Bertz CT molecular complexity index is 1400. The number of phosphoric acid groups is 2. The van der Waals surface area contributed by atoms with Gasteiger partial charge in [-0.15, -0.1) is 0 Å². The van der Waals surface area contributed by atoms with Crippen LogP contribution in [0.5, 0.6) is 0 Å². The van der Waals surface area contributed by atoms with Crippen LogP contribution in [-0.2, 0) is 41.8 Å². The average molecular weight is 1030 g/mol. The molecule has 1 rings (SSSR count). The van der Waals surface area contributed by atoms with Crippen LogP contribution in [0.15, 0.2) is 12.2 Å². The van der Waals surface area contributed by atoms with Crippen LogP contribution in [0.3, 0.4) is 0 Å². The first-order valence-corrected chi connectivity index (χ1v) is 30.1. The highest BCUT2D eigenvalue weighted by molar-refractivity contribution is 7.47. The number of unbranched alkanes of at least 4 members (excludes halogenated alkanes) is 22.